The van der Waals surface area contributed by atoms with Gasteiger partial charge in [0.1, 0.15) is 5.56 Å². The number of aromatic nitrogens is 2. The summed E-state index contributed by atoms with van der Waals surface area (Å²) in [5.74, 6) is -0.378. The molecule has 3 aromatic rings. The fourth-order valence-electron chi connectivity index (χ4n) is 4.19. The Hall–Kier alpha value is -4.03. The normalized spacial score (nSPS) is 14.9. The number of amides is 2. The van der Waals surface area contributed by atoms with Crippen LogP contribution in [-0.4, -0.2) is 44.9 Å². The molecule has 0 spiro atoms. The number of hydrogen-bond acceptors (Lipinski definition) is 5. The minimum Gasteiger partial charge on any atom is -0.465 e. The number of benzene rings is 2. The van der Waals surface area contributed by atoms with Crippen LogP contribution in [0.3, 0.4) is 0 Å². The van der Waals surface area contributed by atoms with Crippen molar-refractivity contribution in [1.29, 1.82) is 5.26 Å². The lowest BCUT2D eigenvalue weighted by Gasteiger charge is -2.39. The van der Waals surface area contributed by atoms with Crippen molar-refractivity contribution < 1.29 is 14.7 Å². The predicted octanol–water partition coefficient (Wildman–Crippen LogP) is 4.43. The molecule has 1 fully saturated rings. The van der Waals surface area contributed by atoms with E-state index in [1.807, 2.05) is 48.5 Å². The van der Waals surface area contributed by atoms with Crippen LogP contribution in [0, 0.1) is 11.3 Å². The quantitative estimate of drug-likeness (QED) is 0.479. The zero-order valence-corrected chi connectivity index (χ0v) is 19.0. The summed E-state index contributed by atoms with van der Waals surface area (Å²) in [5, 5.41) is 27.2. The van der Waals surface area contributed by atoms with Crippen LogP contribution in [0.15, 0.2) is 54.7 Å². The number of anilines is 2. The molecule has 2 amide bonds. The number of nitriles is 1. The van der Waals surface area contributed by atoms with Gasteiger partial charge >= 0.3 is 6.09 Å². The van der Waals surface area contributed by atoms with Crippen LogP contribution in [-0.2, 0) is 5.54 Å². The Morgan fingerprint density at radius 3 is 2.50 bits per heavy atom. The van der Waals surface area contributed by atoms with Gasteiger partial charge in [0.15, 0.2) is 5.82 Å². The number of halogens is 1. The standard InChI is InChI=1S/C24H23ClN6O3/c25-18-6-4-16(5-7-18)17-2-1-3-19(14-17)28-22-20(21(27)32)15-31(29-22)24(8-11-26)9-12-30(13-10-24)23(33)34/h1-7,14-15H,8-10,12-13H2,(H2,27,32)(H,28,29)(H,33,34). The van der Waals surface area contributed by atoms with Gasteiger partial charge in [0.05, 0.1) is 18.0 Å². The Morgan fingerprint density at radius 2 is 1.88 bits per heavy atom. The van der Waals surface area contributed by atoms with E-state index in [0.717, 1.165) is 11.1 Å². The Kier molecular flexibility index (Phi) is 6.43. The number of carboxylic acid groups (broad SMARTS) is 1. The average molecular weight is 479 g/mol. The summed E-state index contributed by atoms with van der Waals surface area (Å²) in [4.78, 5) is 24.8. The van der Waals surface area contributed by atoms with E-state index in [9.17, 15) is 20.0 Å². The minimum absolute atomic E-state index is 0.131. The fourth-order valence-corrected chi connectivity index (χ4v) is 4.32. The fraction of sp³-hybridized carbons (Fsp3) is 0.250. The number of likely N-dealkylation sites (tertiary alicyclic amines) is 1. The van der Waals surface area contributed by atoms with Crippen LogP contribution in [0.5, 0.6) is 0 Å². The topological polar surface area (TPSA) is 137 Å². The molecular weight excluding hydrogens is 456 g/mol. The summed E-state index contributed by atoms with van der Waals surface area (Å²) >= 11 is 5.99. The Morgan fingerprint density at radius 1 is 1.18 bits per heavy atom. The molecule has 1 saturated heterocycles. The number of carbonyl (C=O) groups excluding carboxylic acids is 1. The van der Waals surface area contributed by atoms with Crippen LogP contribution >= 0.6 is 11.6 Å². The number of carbonyl (C=O) groups is 2. The van der Waals surface area contributed by atoms with Crippen LogP contribution < -0.4 is 11.1 Å². The SMILES string of the molecule is N#CCC1(n2cc(C(N)=O)c(Nc3cccc(-c4ccc(Cl)cc4)c3)n2)CCN(C(=O)O)CC1. The lowest BCUT2D eigenvalue weighted by molar-refractivity contribution is 0.0888. The smallest absolute Gasteiger partial charge is 0.407 e. The number of primary amides is 1. The maximum absolute atomic E-state index is 12.2. The molecule has 0 aliphatic carbocycles. The molecule has 0 radical (unpaired) electrons. The van der Waals surface area contributed by atoms with Gasteiger partial charge in [-0.15, -0.1) is 0 Å². The Labute approximate surface area is 201 Å². The first-order valence-electron chi connectivity index (χ1n) is 10.7. The second kappa shape index (κ2) is 9.45. The third kappa shape index (κ3) is 4.67. The Balaban J connectivity index is 1.65. The highest BCUT2D eigenvalue weighted by molar-refractivity contribution is 6.30. The van der Waals surface area contributed by atoms with E-state index in [-0.39, 0.29) is 30.9 Å². The second-order valence-electron chi connectivity index (χ2n) is 8.24. The average Bonchev–Trinajstić information content (AvgIpc) is 3.25. The van der Waals surface area contributed by atoms with Crippen LogP contribution in [0.2, 0.25) is 5.02 Å². The highest BCUT2D eigenvalue weighted by Crippen LogP contribution is 2.35. The van der Waals surface area contributed by atoms with Gasteiger partial charge in [-0.2, -0.15) is 10.4 Å². The first kappa shape index (κ1) is 23.1. The van der Waals surface area contributed by atoms with Gasteiger partial charge in [-0.05, 0) is 48.2 Å². The number of nitrogens with one attached hydrogen (secondary N) is 1. The van der Waals surface area contributed by atoms with Crippen molar-refractivity contribution in [2.45, 2.75) is 24.8 Å². The van der Waals surface area contributed by atoms with Crippen LogP contribution in [0.25, 0.3) is 11.1 Å². The molecule has 34 heavy (non-hydrogen) atoms. The molecule has 1 aliphatic rings. The number of nitrogens with zero attached hydrogens (tertiary/aromatic N) is 4. The number of hydrogen-bond donors (Lipinski definition) is 3. The van der Waals surface area contributed by atoms with Crippen molar-refractivity contribution in [2.24, 2.45) is 5.73 Å². The largest absolute Gasteiger partial charge is 0.465 e. The third-order valence-corrected chi connectivity index (χ3v) is 6.39. The summed E-state index contributed by atoms with van der Waals surface area (Å²) in [7, 11) is 0. The molecular formula is C24H23ClN6O3. The lowest BCUT2D eigenvalue weighted by atomic mass is 9.85. The maximum atomic E-state index is 12.2. The number of rotatable bonds is 6. The van der Waals surface area contributed by atoms with Crippen molar-refractivity contribution in [2.75, 3.05) is 18.4 Å². The van der Waals surface area contributed by atoms with Gasteiger partial charge in [0.25, 0.3) is 5.91 Å². The summed E-state index contributed by atoms with van der Waals surface area (Å²) in [6.45, 7) is 0.545. The molecule has 4 rings (SSSR count). The van der Waals surface area contributed by atoms with Gasteiger partial charge in [-0.1, -0.05) is 35.9 Å². The number of nitrogens with two attached hydrogens (primary N) is 1. The molecule has 0 saturated carbocycles. The summed E-state index contributed by atoms with van der Waals surface area (Å²) < 4.78 is 1.60. The minimum atomic E-state index is -0.994. The van der Waals surface area contributed by atoms with E-state index < -0.39 is 17.5 Å². The molecule has 10 heteroatoms. The van der Waals surface area contributed by atoms with Gasteiger partial charge in [0.2, 0.25) is 0 Å². The molecule has 4 N–H and O–H groups in total. The lowest BCUT2D eigenvalue weighted by Crippen LogP contribution is -2.47. The van der Waals surface area contributed by atoms with E-state index >= 15 is 0 Å². The molecule has 9 nitrogen and oxygen atoms in total. The zero-order chi connectivity index (χ0) is 24.3. The summed E-state index contributed by atoms with van der Waals surface area (Å²) in [6, 6.07) is 17.3. The number of piperidine rings is 1. The molecule has 1 aromatic heterocycles. The predicted molar refractivity (Wildman–Crippen MR) is 128 cm³/mol. The van der Waals surface area contributed by atoms with Crippen molar-refractivity contribution in [1.82, 2.24) is 14.7 Å². The summed E-state index contributed by atoms with van der Waals surface area (Å²) in [5.41, 5.74) is 7.72. The molecule has 0 bridgehead atoms. The third-order valence-electron chi connectivity index (χ3n) is 6.14. The van der Waals surface area contributed by atoms with Gasteiger partial charge < -0.3 is 21.1 Å². The van der Waals surface area contributed by atoms with Crippen molar-refractivity contribution >= 4 is 35.1 Å². The van der Waals surface area contributed by atoms with Gasteiger partial charge in [-0.3, -0.25) is 9.48 Å². The van der Waals surface area contributed by atoms with E-state index in [1.165, 1.54) is 4.90 Å². The molecule has 0 unspecified atom stereocenters. The van der Waals surface area contributed by atoms with Gasteiger partial charge in [0, 0.05) is 30.0 Å². The highest BCUT2D eigenvalue weighted by atomic mass is 35.5. The van der Waals surface area contributed by atoms with E-state index in [2.05, 4.69) is 16.5 Å². The van der Waals surface area contributed by atoms with E-state index in [4.69, 9.17) is 17.3 Å². The van der Waals surface area contributed by atoms with Crippen molar-refractivity contribution in [3.05, 3.63) is 65.3 Å². The molecule has 2 aromatic carbocycles. The zero-order valence-electron chi connectivity index (χ0n) is 18.2. The molecule has 1 aliphatic heterocycles. The molecule has 0 atom stereocenters. The van der Waals surface area contributed by atoms with Crippen molar-refractivity contribution in [3.63, 3.8) is 0 Å². The molecule has 2 heterocycles. The second-order valence-corrected chi connectivity index (χ2v) is 8.68. The molecule has 174 valence electrons. The first-order valence-corrected chi connectivity index (χ1v) is 11.1. The summed E-state index contributed by atoms with van der Waals surface area (Å²) in [6.07, 6.45) is 1.48. The monoisotopic (exact) mass is 478 g/mol. The van der Waals surface area contributed by atoms with Crippen LogP contribution in [0.1, 0.15) is 29.6 Å². The van der Waals surface area contributed by atoms with Crippen molar-refractivity contribution in [3.8, 4) is 17.2 Å². The first-order chi connectivity index (χ1) is 16.3. The van der Waals surface area contributed by atoms with Gasteiger partial charge in [-0.25, -0.2) is 4.79 Å². The van der Waals surface area contributed by atoms with E-state index in [0.29, 0.717) is 23.6 Å². The van der Waals surface area contributed by atoms with E-state index in [1.54, 1.807) is 10.9 Å². The highest BCUT2D eigenvalue weighted by Gasteiger charge is 2.39. The Bertz CT molecular complexity index is 1260. The van der Waals surface area contributed by atoms with Crippen LogP contribution in [0.4, 0.5) is 16.3 Å². The maximum Gasteiger partial charge on any atom is 0.407 e.